The van der Waals surface area contributed by atoms with Crippen molar-refractivity contribution in [1.29, 1.82) is 0 Å². The van der Waals surface area contributed by atoms with Gasteiger partial charge in [-0.15, -0.1) is 0 Å². The van der Waals surface area contributed by atoms with E-state index in [1.54, 1.807) is 6.92 Å². The molecule has 1 atom stereocenters. The standard InChI is InChI=1S/C16H25BrN2O2/c1-5-13(6-2)19-16(20)11(3)21-14-7-8-15(17)12(9-14)10-18-4/h7-9,11,13,18H,5-6,10H2,1-4H3,(H,19,20). The van der Waals surface area contributed by atoms with Crippen LogP contribution in [-0.4, -0.2) is 25.1 Å². The van der Waals surface area contributed by atoms with Crippen LogP contribution in [0.2, 0.25) is 0 Å². The summed E-state index contributed by atoms with van der Waals surface area (Å²) in [7, 11) is 1.89. The van der Waals surface area contributed by atoms with E-state index in [4.69, 9.17) is 4.74 Å². The fraction of sp³-hybridized carbons (Fsp3) is 0.562. The third-order valence-corrected chi connectivity index (χ3v) is 4.17. The van der Waals surface area contributed by atoms with E-state index in [-0.39, 0.29) is 11.9 Å². The van der Waals surface area contributed by atoms with E-state index >= 15 is 0 Å². The van der Waals surface area contributed by atoms with Gasteiger partial charge in [-0.3, -0.25) is 4.79 Å². The molecule has 1 aromatic rings. The highest BCUT2D eigenvalue weighted by atomic mass is 79.9. The van der Waals surface area contributed by atoms with Gasteiger partial charge in [0.15, 0.2) is 6.10 Å². The Labute approximate surface area is 135 Å². The first-order valence-electron chi connectivity index (χ1n) is 7.41. The number of ether oxygens (including phenoxy) is 1. The zero-order valence-corrected chi connectivity index (χ0v) is 14.8. The van der Waals surface area contributed by atoms with Crippen molar-refractivity contribution in [3.63, 3.8) is 0 Å². The largest absolute Gasteiger partial charge is 0.481 e. The van der Waals surface area contributed by atoms with Crippen molar-refractivity contribution >= 4 is 21.8 Å². The Kier molecular flexibility index (Phi) is 7.75. The van der Waals surface area contributed by atoms with E-state index in [1.165, 1.54) is 0 Å². The monoisotopic (exact) mass is 356 g/mol. The highest BCUT2D eigenvalue weighted by Gasteiger charge is 2.17. The molecule has 0 saturated heterocycles. The number of benzene rings is 1. The molecule has 5 heteroatoms. The van der Waals surface area contributed by atoms with Crippen LogP contribution in [-0.2, 0) is 11.3 Å². The topological polar surface area (TPSA) is 50.4 Å². The van der Waals surface area contributed by atoms with Crippen LogP contribution in [0.25, 0.3) is 0 Å². The minimum atomic E-state index is -0.505. The number of amides is 1. The molecule has 118 valence electrons. The van der Waals surface area contributed by atoms with E-state index in [1.807, 2.05) is 25.2 Å². The number of rotatable bonds is 8. The summed E-state index contributed by atoms with van der Waals surface area (Å²) < 4.78 is 6.77. The SMILES string of the molecule is CCC(CC)NC(=O)C(C)Oc1ccc(Br)c(CNC)c1. The lowest BCUT2D eigenvalue weighted by molar-refractivity contribution is -0.128. The Morgan fingerprint density at radius 2 is 2.00 bits per heavy atom. The van der Waals surface area contributed by atoms with Gasteiger partial charge in [-0.2, -0.15) is 0 Å². The zero-order chi connectivity index (χ0) is 15.8. The quantitative estimate of drug-likeness (QED) is 0.751. The molecule has 0 spiro atoms. The minimum Gasteiger partial charge on any atom is -0.481 e. The average Bonchev–Trinajstić information content (AvgIpc) is 2.48. The zero-order valence-electron chi connectivity index (χ0n) is 13.2. The summed E-state index contributed by atoms with van der Waals surface area (Å²) in [5, 5.41) is 6.11. The smallest absolute Gasteiger partial charge is 0.260 e. The second-order valence-corrected chi connectivity index (χ2v) is 5.92. The number of carbonyl (C=O) groups excluding carboxylic acids is 1. The lowest BCUT2D eigenvalue weighted by Gasteiger charge is -2.20. The van der Waals surface area contributed by atoms with Crippen molar-refractivity contribution in [3.05, 3.63) is 28.2 Å². The van der Waals surface area contributed by atoms with Crippen molar-refractivity contribution in [2.75, 3.05) is 7.05 Å². The second-order valence-electron chi connectivity index (χ2n) is 5.07. The molecule has 1 rings (SSSR count). The fourth-order valence-electron chi connectivity index (χ4n) is 2.02. The second kappa shape index (κ2) is 9.05. The third kappa shape index (κ3) is 5.67. The van der Waals surface area contributed by atoms with E-state index < -0.39 is 6.10 Å². The Balaban J connectivity index is 2.67. The molecule has 21 heavy (non-hydrogen) atoms. The Morgan fingerprint density at radius 1 is 1.33 bits per heavy atom. The number of carbonyl (C=O) groups is 1. The average molecular weight is 357 g/mol. The molecule has 0 aliphatic rings. The van der Waals surface area contributed by atoms with E-state index in [2.05, 4.69) is 40.4 Å². The molecule has 0 bridgehead atoms. The first kappa shape index (κ1) is 18.0. The lowest BCUT2D eigenvalue weighted by Crippen LogP contribution is -2.42. The van der Waals surface area contributed by atoms with Gasteiger partial charge in [0.05, 0.1) is 0 Å². The number of hydrogen-bond donors (Lipinski definition) is 2. The molecule has 1 amide bonds. The molecule has 4 nitrogen and oxygen atoms in total. The molecular formula is C16H25BrN2O2. The van der Waals surface area contributed by atoms with Gasteiger partial charge in [-0.05, 0) is 50.6 Å². The maximum Gasteiger partial charge on any atom is 0.260 e. The fourth-order valence-corrected chi connectivity index (χ4v) is 2.41. The van der Waals surface area contributed by atoms with Gasteiger partial charge in [0.25, 0.3) is 5.91 Å². The molecule has 0 fully saturated rings. The molecule has 0 aliphatic heterocycles. The van der Waals surface area contributed by atoms with Crippen LogP contribution in [0.3, 0.4) is 0 Å². The first-order chi connectivity index (χ1) is 10.0. The molecule has 0 aromatic heterocycles. The van der Waals surface area contributed by atoms with Crippen LogP contribution in [0.4, 0.5) is 0 Å². The van der Waals surface area contributed by atoms with Crippen molar-refractivity contribution in [2.45, 2.75) is 52.3 Å². The van der Waals surface area contributed by atoms with Gasteiger partial charge in [0.1, 0.15) is 5.75 Å². The van der Waals surface area contributed by atoms with Gasteiger partial charge in [0.2, 0.25) is 0 Å². The van der Waals surface area contributed by atoms with Crippen LogP contribution in [0, 0.1) is 0 Å². The van der Waals surface area contributed by atoms with Gasteiger partial charge in [-0.25, -0.2) is 0 Å². The summed E-state index contributed by atoms with van der Waals surface area (Å²) in [5.41, 5.74) is 1.10. The normalized spacial score (nSPS) is 12.3. The molecular weight excluding hydrogens is 332 g/mol. The van der Waals surface area contributed by atoms with Gasteiger partial charge in [-0.1, -0.05) is 29.8 Å². The summed E-state index contributed by atoms with van der Waals surface area (Å²) in [5.74, 6) is 0.637. The third-order valence-electron chi connectivity index (χ3n) is 3.40. The first-order valence-corrected chi connectivity index (χ1v) is 8.21. The Morgan fingerprint density at radius 3 is 2.57 bits per heavy atom. The number of nitrogens with one attached hydrogen (secondary N) is 2. The van der Waals surface area contributed by atoms with Crippen molar-refractivity contribution in [2.24, 2.45) is 0 Å². The summed E-state index contributed by atoms with van der Waals surface area (Å²) in [6, 6.07) is 5.97. The molecule has 2 N–H and O–H groups in total. The van der Waals surface area contributed by atoms with Crippen molar-refractivity contribution in [1.82, 2.24) is 10.6 Å². The van der Waals surface area contributed by atoms with E-state index in [0.29, 0.717) is 5.75 Å². The van der Waals surface area contributed by atoms with Gasteiger partial charge < -0.3 is 15.4 Å². The molecule has 0 aliphatic carbocycles. The summed E-state index contributed by atoms with van der Waals surface area (Å²) >= 11 is 3.50. The van der Waals surface area contributed by atoms with Crippen LogP contribution < -0.4 is 15.4 Å². The minimum absolute atomic E-state index is 0.0678. The van der Waals surface area contributed by atoms with Crippen molar-refractivity contribution < 1.29 is 9.53 Å². The number of halogens is 1. The molecule has 1 aromatic carbocycles. The van der Waals surface area contributed by atoms with Crippen LogP contribution in [0.5, 0.6) is 5.75 Å². The van der Waals surface area contributed by atoms with Crippen LogP contribution in [0.1, 0.15) is 39.2 Å². The van der Waals surface area contributed by atoms with Crippen LogP contribution >= 0.6 is 15.9 Å². The predicted molar refractivity (Wildman–Crippen MR) is 89.5 cm³/mol. The highest BCUT2D eigenvalue weighted by molar-refractivity contribution is 9.10. The predicted octanol–water partition coefficient (Wildman–Crippen LogP) is 3.24. The molecule has 1 unspecified atom stereocenters. The maximum absolute atomic E-state index is 12.1. The summed E-state index contributed by atoms with van der Waals surface area (Å²) in [6.07, 6.45) is 1.35. The van der Waals surface area contributed by atoms with Gasteiger partial charge in [0, 0.05) is 17.1 Å². The number of hydrogen-bond acceptors (Lipinski definition) is 3. The van der Waals surface area contributed by atoms with E-state index in [0.717, 1.165) is 29.4 Å². The van der Waals surface area contributed by atoms with Crippen LogP contribution in [0.15, 0.2) is 22.7 Å². The highest BCUT2D eigenvalue weighted by Crippen LogP contribution is 2.23. The lowest BCUT2D eigenvalue weighted by atomic mass is 10.1. The van der Waals surface area contributed by atoms with E-state index in [9.17, 15) is 4.79 Å². The van der Waals surface area contributed by atoms with Crippen molar-refractivity contribution in [3.8, 4) is 5.75 Å². The molecule has 0 radical (unpaired) electrons. The Bertz CT molecular complexity index is 462. The van der Waals surface area contributed by atoms with Gasteiger partial charge >= 0.3 is 0 Å². The Hall–Kier alpha value is -1.07. The molecule has 0 heterocycles. The maximum atomic E-state index is 12.1. The summed E-state index contributed by atoms with van der Waals surface area (Å²) in [6.45, 7) is 6.65. The molecule has 0 saturated carbocycles. The summed E-state index contributed by atoms with van der Waals surface area (Å²) in [4.78, 5) is 12.1.